The maximum atomic E-state index is 5.57. The van der Waals surface area contributed by atoms with Gasteiger partial charge in [0.25, 0.3) is 0 Å². The van der Waals surface area contributed by atoms with Crippen molar-refractivity contribution in [2.75, 3.05) is 32.8 Å². The predicted octanol–water partition coefficient (Wildman–Crippen LogP) is 2.27. The average molecular weight is 254 g/mol. The Labute approximate surface area is 112 Å². The summed E-state index contributed by atoms with van der Waals surface area (Å²) >= 11 is 0. The van der Waals surface area contributed by atoms with Crippen LogP contribution in [0.1, 0.15) is 46.0 Å². The molecule has 0 aromatic rings. The van der Waals surface area contributed by atoms with E-state index in [2.05, 4.69) is 24.1 Å². The van der Waals surface area contributed by atoms with Crippen molar-refractivity contribution >= 4 is 0 Å². The summed E-state index contributed by atoms with van der Waals surface area (Å²) in [5.74, 6) is 0.726. The summed E-state index contributed by atoms with van der Waals surface area (Å²) in [7, 11) is 0. The predicted molar refractivity (Wildman–Crippen MR) is 75.9 cm³/mol. The summed E-state index contributed by atoms with van der Waals surface area (Å²) in [5, 5.41) is 3.69. The van der Waals surface area contributed by atoms with E-state index in [1.54, 1.807) is 0 Å². The van der Waals surface area contributed by atoms with Gasteiger partial charge in [-0.2, -0.15) is 0 Å². The van der Waals surface area contributed by atoms with E-state index >= 15 is 0 Å². The Hall–Kier alpha value is -0.120. The van der Waals surface area contributed by atoms with E-state index in [-0.39, 0.29) is 0 Å². The van der Waals surface area contributed by atoms with Crippen molar-refractivity contribution in [3.63, 3.8) is 0 Å². The lowest BCUT2D eigenvalue weighted by molar-refractivity contribution is 0.109. The zero-order valence-corrected chi connectivity index (χ0v) is 12.2. The van der Waals surface area contributed by atoms with Crippen molar-refractivity contribution in [1.82, 2.24) is 10.2 Å². The molecule has 0 radical (unpaired) electrons. The van der Waals surface area contributed by atoms with Gasteiger partial charge in [-0.05, 0) is 38.8 Å². The van der Waals surface area contributed by atoms with Crippen molar-refractivity contribution in [3.8, 4) is 0 Å². The molecule has 1 N–H and O–H groups in total. The third-order valence-corrected chi connectivity index (χ3v) is 4.65. The second-order valence-corrected chi connectivity index (χ2v) is 5.84. The first-order chi connectivity index (χ1) is 8.85. The Bertz CT molecular complexity index is 229. The molecular formula is C15H30N2O. The van der Waals surface area contributed by atoms with E-state index in [0.29, 0.717) is 6.04 Å². The molecule has 0 amide bonds. The first-order valence-electron chi connectivity index (χ1n) is 7.90. The Kier molecular flexibility index (Phi) is 5.93. The van der Waals surface area contributed by atoms with Crippen LogP contribution in [0, 0.1) is 5.92 Å². The van der Waals surface area contributed by atoms with Crippen LogP contribution in [-0.2, 0) is 4.74 Å². The third-order valence-electron chi connectivity index (χ3n) is 4.65. The second-order valence-electron chi connectivity index (χ2n) is 5.84. The molecule has 2 heterocycles. The first-order valence-corrected chi connectivity index (χ1v) is 7.90. The van der Waals surface area contributed by atoms with Gasteiger partial charge in [-0.25, -0.2) is 0 Å². The fourth-order valence-electron chi connectivity index (χ4n) is 3.53. The molecule has 2 aliphatic heterocycles. The normalized spacial score (nSPS) is 31.7. The maximum absolute atomic E-state index is 5.57. The van der Waals surface area contributed by atoms with Gasteiger partial charge < -0.3 is 10.1 Å². The van der Waals surface area contributed by atoms with Gasteiger partial charge in [0.1, 0.15) is 0 Å². The Morgan fingerprint density at radius 2 is 2.17 bits per heavy atom. The number of hydrogen-bond acceptors (Lipinski definition) is 3. The Balaban J connectivity index is 1.89. The van der Waals surface area contributed by atoms with Gasteiger partial charge in [0.15, 0.2) is 0 Å². The first kappa shape index (κ1) is 14.3. The summed E-state index contributed by atoms with van der Waals surface area (Å²) in [6.07, 6.45) is 6.75. The highest BCUT2D eigenvalue weighted by Gasteiger charge is 2.29. The highest BCUT2D eigenvalue weighted by Crippen LogP contribution is 2.23. The van der Waals surface area contributed by atoms with Crippen LogP contribution in [0.25, 0.3) is 0 Å². The molecule has 0 aromatic heterocycles. The highest BCUT2D eigenvalue weighted by atomic mass is 16.5. The molecule has 18 heavy (non-hydrogen) atoms. The molecule has 3 nitrogen and oxygen atoms in total. The summed E-state index contributed by atoms with van der Waals surface area (Å²) in [6, 6.07) is 1.45. The summed E-state index contributed by atoms with van der Waals surface area (Å²) in [5.41, 5.74) is 0. The van der Waals surface area contributed by atoms with Crippen molar-refractivity contribution in [1.29, 1.82) is 0 Å². The Morgan fingerprint density at radius 1 is 1.28 bits per heavy atom. The van der Waals surface area contributed by atoms with Crippen LogP contribution in [0.5, 0.6) is 0 Å². The molecule has 0 saturated carbocycles. The highest BCUT2D eigenvalue weighted by molar-refractivity contribution is 4.85. The lowest BCUT2D eigenvalue weighted by Gasteiger charge is -2.39. The lowest BCUT2D eigenvalue weighted by atomic mass is 9.94. The van der Waals surface area contributed by atoms with Gasteiger partial charge in [-0.15, -0.1) is 0 Å². The number of nitrogens with zero attached hydrogens (tertiary/aromatic N) is 1. The number of ether oxygens (including phenoxy) is 1. The van der Waals surface area contributed by atoms with Crippen LogP contribution in [-0.4, -0.2) is 49.8 Å². The maximum Gasteiger partial charge on any atom is 0.0510 e. The van der Waals surface area contributed by atoms with E-state index in [0.717, 1.165) is 31.7 Å². The molecule has 0 spiro atoms. The zero-order valence-electron chi connectivity index (χ0n) is 12.2. The van der Waals surface area contributed by atoms with Gasteiger partial charge in [-0.3, -0.25) is 4.90 Å². The lowest BCUT2D eigenvalue weighted by Crippen LogP contribution is -2.50. The summed E-state index contributed by atoms with van der Waals surface area (Å²) in [4.78, 5) is 2.73. The summed E-state index contributed by atoms with van der Waals surface area (Å²) in [6.45, 7) is 10.1. The van der Waals surface area contributed by atoms with Crippen molar-refractivity contribution in [2.45, 2.75) is 58.0 Å². The standard InChI is InChI=1S/C15H30N2O/c1-3-14-7-5-6-9-17(14)11-15(16-4-2)13-8-10-18-12-13/h13-16H,3-12H2,1-2H3. The van der Waals surface area contributed by atoms with Gasteiger partial charge in [0.2, 0.25) is 0 Å². The van der Waals surface area contributed by atoms with E-state index in [1.165, 1.54) is 45.2 Å². The van der Waals surface area contributed by atoms with Crippen LogP contribution in [0.15, 0.2) is 0 Å². The number of hydrogen-bond donors (Lipinski definition) is 1. The molecule has 3 unspecified atom stereocenters. The minimum Gasteiger partial charge on any atom is -0.381 e. The molecule has 0 aromatic carbocycles. The quantitative estimate of drug-likeness (QED) is 0.787. The SMILES string of the molecule is CCNC(CN1CCCCC1CC)C1CCOC1. The second kappa shape index (κ2) is 7.46. The third kappa shape index (κ3) is 3.69. The van der Waals surface area contributed by atoms with Gasteiger partial charge in [0, 0.05) is 31.2 Å². The zero-order chi connectivity index (χ0) is 12.8. The van der Waals surface area contributed by atoms with Crippen molar-refractivity contribution in [2.24, 2.45) is 5.92 Å². The smallest absolute Gasteiger partial charge is 0.0510 e. The minimum absolute atomic E-state index is 0.629. The monoisotopic (exact) mass is 254 g/mol. The molecule has 2 fully saturated rings. The van der Waals surface area contributed by atoms with Crippen molar-refractivity contribution in [3.05, 3.63) is 0 Å². The van der Waals surface area contributed by atoms with Gasteiger partial charge >= 0.3 is 0 Å². The largest absolute Gasteiger partial charge is 0.381 e. The molecular weight excluding hydrogens is 224 g/mol. The molecule has 2 rings (SSSR count). The molecule has 2 aliphatic rings. The Morgan fingerprint density at radius 3 is 2.83 bits per heavy atom. The topological polar surface area (TPSA) is 24.5 Å². The fourth-order valence-corrected chi connectivity index (χ4v) is 3.53. The number of piperidine rings is 1. The van der Waals surface area contributed by atoms with Crippen LogP contribution in [0.2, 0.25) is 0 Å². The van der Waals surface area contributed by atoms with Gasteiger partial charge in [0.05, 0.1) is 6.61 Å². The van der Waals surface area contributed by atoms with E-state index in [4.69, 9.17) is 4.74 Å². The summed E-state index contributed by atoms with van der Waals surface area (Å²) < 4.78 is 5.57. The fraction of sp³-hybridized carbons (Fsp3) is 1.00. The molecule has 0 bridgehead atoms. The number of nitrogens with one attached hydrogen (secondary N) is 1. The van der Waals surface area contributed by atoms with Crippen LogP contribution in [0.4, 0.5) is 0 Å². The van der Waals surface area contributed by atoms with Gasteiger partial charge in [-0.1, -0.05) is 20.3 Å². The number of likely N-dealkylation sites (N-methyl/N-ethyl adjacent to an activating group) is 1. The molecule has 3 atom stereocenters. The van der Waals surface area contributed by atoms with Crippen LogP contribution < -0.4 is 5.32 Å². The average Bonchev–Trinajstić information content (AvgIpc) is 2.92. The number of rotatable bonds is 6. The number of likely N-dealkylation sites (tertiary alicyclic amines) is 1. The van der Waals surface area contributed by atoms with Crippen LogP contribution >= 0.6 is 0 Å². The molecule has 3 heteroatoms. The van der Waals surface area contributed by atoms with E-state index < -0.39 is 0 Å². The molecule has 2 saturated heterocycles. The van der Waals surface area contributed by atoms with E-state index in [1.807, 2.05) is 0 Å². The molecule has 0 aliphatic carbocycles. The van der Waals surface area contributed by atoms with Crippen molar-refractivity contribution < 1.29 is 4.74 Å². The van der Waals surface area contributed by atoms with Crippen LogP contribution in [0.3, 0.4) is 0 Å². The minimum atomic E-state index is 0.629. The van der Waals surface area contributed by atoms with E-state index in [9.17, 15) is 0 Å². The molecule has 106 valence electrons.